The van der Waals surface area contributed by atoms with E-state index in [-0.39, 0.29) is 11.3 Å². The number of rotatable bonds is 4. The van der Waals surface area contributed by atoms with Gasteiger partial charge in [-0.3, -0.25) is 9.36 Å². The van der Waals surface area contributed by atoms with E-state index in [4.69, 9.17) is 5.73 Å². The standard InChI is InChI=1S/C19H25N5O/c1-18(15(20)25)10-12-24(13-11-18)17-22-21-16(23(17)2)19(8-9-19)14-6-4-3-5-7-14/h3-7H,8-13H2,1-2H3,(H2,20,25). The van der Waals surface area contributed by atoms with E-state index >= 15 is 0 Å². The van der Waals surface area contributed by atoms with E-state index in [0.29, 0.717) is 0 Å². The minimum atomic E-state index is -0.403. The molecule has 0 bridgehead atoms. The van der Waals surface area contributed by atoms with Crippen LogP contribution in [0.15, 0.2) is 30.3 Å². The van der Waals surface area contributed by atoms with Crippen LogP contribution in [0.25, 0.3) is 0 Å². The van der Waals surface area contributed by atoms with Gasteiger partial charge >= 0.3 is 0 Å². The molecule has 1 aromatic carbocycles. The maximum Gasteiger partial charge on any atom is 0.226 e. The molecule has 1 amide bonds. The maximum absolute atomic E-state index is 11.7. The summed E-state index contributed by atoms with van der Waals surface area (Å²) in [5.41, 5.74) is 6.48. The Balaban J connectivity index is 1.58. The second kappa shape index (κ2) is 5.58. The molecule has 1 aromatic heterocycles. The lowest BCUT2D eigenvalue weighted by atomic mass is 9.80. The van der Waals surface area contributed by atoms with Gasteiger partial charge in [-0.25, -0.2) is 0 Å². The van der Waals surface area contributed by atoms with Gasteiger partial charge in [0, 0.05) is 25.6 Å². The maximum atomic E-state index is 11.7. The first-order chi connectivity index (χ1) is 12.0. The topological polar surface area (TPSA) is 77.0 Å². The highest BCUT2D eigenvalue weighted by molar-refractivity contribution is 5.80. The zero-order chi connectivity index (χ0) is 17.7. The first-order valence-electron chi connectivity index (χ1n) is 8.97. The Bertz CT molecular complexity index is 785. The molecule has 1 aliphatic heterocycles. The van der Waals surface area contributed by atoms with Gasteiger partial charge in [-0.05, 0) is 31.2 Å². The van der Waals surface area contributed by atoms with Crippen LogP contribution in [0.5, 0.6) is 0 Å². The van der Waals surface area contributed by atoms with Gasteiger partial charge < -0.3 is 10.6 Å². The van der Waals surface area contributed by atoms with Crippen molar-refractivity contribution in [2.45, 2.75) is 38.0 Å². The fourth-order valence-electron chi connectivity index (χ4n) is 3.98. The van der Waals surface area contributed by atoms with Crippen molar-refractivity contribution in [3.8, 4) is 0 Å². The molecule has 6 nitrogen and oxygen atoms in total. The Morgan fingerprint density at radius 1 is 1.08 bits per heavy atom. The molecule has 2 heterocycles. The number of hydrogen-bond donors (Lipinski definition) is 1. The van der Waals surface area contributed by atoms with Crippen molar-refractivity contribution < 1.29 is 4.79 Å². The van der Waals surface area contributed by atoms with Crippen LogP contribution in [-0.2, 0) is 17.3 Å². The summed E-state index contributed by atoms with van der Waals surface area (Å²) in [6.07, 6.45) is 3.74. The molecule has 0 atom stereocenters. The van der Waals surface area contributed by atoms with Crippen molar-refractivity contribution in [2.75, 3.05) is 18.0 Å². The molecule has 1 aliphatic carbocycles. The normalized spacial score (nSPS) is 21.1. The van der Waals surface area contributed by atoms with Gasteiger partial charge in [0.15, 0.2) is 0 Å². The van der Waals surface area contributed by atoms with E-state index in [1.54, 1.807) is 0 Å². The number of nitrogens with two attached hydrogens (primary N) is 1. The molecular weight excluding hydrogens is 314 g/mol. The second-order valence-corrected chi connectivity index (χ2v) is 7.74. The Morgan fingerprint density at radius 3 is 2.28 bits per heavy atom. The lowest BCUT2D eigenvalue weighted by molar-refractivity contribution is -0.127. The molecule has 4 rings (SSSR count). The van der Waals surface area contributed by atoms with Crippen LogP contribution in [0.4, 0.5) is 5.95 Å². The number of hydrogen-bond acceptors (Lipinski definition) is 4. The number of piperidine rings is 1. The van der Waals surface area contributed by atoms with Gasteiger partial charge in [0.05, 0.1) is 5.41 Å². The average molecular weight is 339 g/mol. The van der Waals surface area contributed by atoms with E-state index in [0.717, 1.165) is 50.5 Å². The fourth-order valence-corrected chi connectivity index (χ4v) is 3.98. The van der Waals surface area contributed by atoms with Crippen molar-refractivity contribution in [3.63, 3.8) is 0 Å². The zero-order valence-electron chi connectivity index (χ0n) is 14.9. The SMILES string of the molecule is Cn1c(N2CCC(C)(C(N)=O)CC2)nnc1C1(c2ccccc2)CC1. The lowest BCUT2D eigenvalue weighted by Gasteiger charge is -2.37. The summed E-state index contributed by atoms with van der Waals surface area (Å²) in [4.78, 5) is 13.9. The largest absolute Gasteiger partial charge is 0.369 e. The predicted molar refractivity (Wildman–Crippen MR) is 96.2 cm³/mol. The van der Waals surface area contributed by atoms with Crippen LogP contribution in [-0.4, -0.2) is 33.8 Å². The molecule has 25 heavy (non-hydrogen) atoms. The van der Waals surface area contributed by atoms with Crippen molar-refractivity contribution >= 4 is 11.9 Å². The van der Waals surface area contributed by atoms with Crippen LogP contribution in [0.1, 0.15) is 44.0 Å². The molecule has 6 heteroatoms. The van der Waals surface area contributed by atoms with Gasteiger partial charge in [0.2, 0.25) is 11.9 Å². The number of primary amides is 1. The molecule has 2 N–H and O–H groups in total. The summed E-state index contributed by atoms with van der Waals surface area (Å²) in [5.74, 6) is 1.73. The van der Waals surface area contributed by atoms with Crippen molar-refractivity contribution in [1.29, 1.82) is 0 Å². The summed E-state index contributed by atoms with van der Waals surface area (Å²) in [5, 5.41) is 9.04. The molecule has 1 saturated carbocycles. The molecular formula is C19H25N5O. The number of carbonyl (C=O) groups excluding carboxylic acids is 1. The van der Waals surface area contributed by atoms with Crippen LogP contribution >= 0.6 is 0 Å². The van der Waals surface area contributed by atoms with Crippen molar-refractivity contribution in [1.82, 2.24) is 14.8 Å². The fraction of sp³-hybridized carbons (Fsp3) is 0.526. The highest BCUT2D eigenvalue weighted by Gasteiger charge is 2.50. The first kappa shape index (κ1) is 16.1. The van der Waals surface area contributed by atoms with Gasteiger partial charge in [-0.15, -0.1) is 10.2 Å². The molecule has 2 aromatic rings. The van der Waals surface area contributed by atoms with Gasteiger partial charge in [-0.1, -0.05) is 37.3 Å². The quantitative estimate of drug-likeness (QED) is 0.924. The third-order valence-corrected chi connectivity index (χ3v) is 6.10. The average Bonchev–Trinajstić information content (AvgIpc) is 3.34. The summed E-state index contributed by atoms with van der Waals surface area (Å²) < 4.78 is 2.13. The summed E-state index contributed by atoms with van der Waals surface area (Å²) in [6.45, 7) is 3.52. The Hall–Kier alpha value is -2.37. The number of carbonyl (C=O) groups is 1. The number of aromatic nitrogens is 3. The highest BCUT2D eigenvalue weighted by Crippen LogP contribution is 2.53. The monoisotopic (exact) mass is 339 g/mol. The molecule has 2 fully saturated rings. The third-order valence-electron chi connectivity index (χ3n) is 6.10. The summed E-state index contributed by atoms with van der Waals surface area (Å²) in [6, 6.07) is 10.6. The van der Waals surface area contributed by atoms with E-state index in [1.165, 1.54) is 5.56 Å². The molecule has 2 aliphatic rings. The predicted octanol–water partition coefficient (Wildman–Crippen LogP) is 1.99. The molecule has 132 valence electrons. The number of benzene rings is 1. The number of nitrogens with zero attached hydrogens (tertiary/aromatic N) is 4. The Kier molecular flexibility index (Phi) is 3.60. The van der Waals surface area contributed by atoms with Crippen LogP contribution in [0.2, 0.25) is 0 Å². The van der Waals surface area contributed by atoms with E-state index < -0.39 is 5.41 Å². The molecule has 0 spiro atoms. The third kappa shape index (κ3) is 2.51. The van der Waals surface area contributed by atoms with Gasteiger partial charge in [0.25, 0.3) is 0 Å². The van der Waals surface area contributed by atoms with Crippen LogP contribution < -0.4 is 10.6 Å². The smallest absolute Gasteiger partial charge is 0.226 e. The van der Waals surface area contributed by atoms with E-state index in [1.807, 2.05) is 13.0 Å². The Morgan fingerprint density at radius 2 is 1.72 bits per heavy atom. The minimum Gasteiger partial charge on any atom is -0.369 e. The van der Waals surface area contributed by atoms with Gasteiger partial charge in [0.1, 0.15) is 5.82 Å². The Labute approximate surface area is 148 Å². The second-order valence-electron chi connectivity index (χ2n) is 7.74. The van der Waals surface area contributed by atoms with Crippen LogP contribution in [0.3, 0.4) is 0 Å². The van der Waals surface area contributed by atoms with Gasteiger partial charge in [-0.2, -0.15) is 0 Å². The summed E-state index contributed by atoms with van der Waals surface area (Å²) >= 11 is 0. The highest BCUT2D eigenvalue weighted by atomic mass is 16.1. The number of anilines is 1. The minimum absolute atomic E-state index is 0.0127. The zero-order valence-corrected chi connectivity index (χ0v) is 14.9. The van der Waals surface area contributed by atoms with E-state index in [2.05, 4.69) is 51.0 Å². The molecule has 0 unspecified atom stereocenters. The molecule has 0 radical (unpaired) electrons. The summed E-state index contributed by atoms with van der Waals surface area (Å²) in [7, 11) is 2.05. The van der Waals surface area contributed by atoms with Crippen LogP contribution in [0, 0.1) is 5.41 Å². The number of amides is 1. The lowest BCUT2D eigenvalue weighted by Crippen LogP contribution is -2.46. The molecule has 1 saturated heterocycles. The van der Waals surface area contributed by atoms with Crippen molar-refractivity contribution in [2.24, 2.45) is 18.2 Å². The first-order valence-corrected chi connectivity index (χ1v) is 8.97. The van der Waals surface area contributed by atoms with E-state index in [9.17, 15) is 4.79 Å². The van der Waals surface area contributed by atoms with Crippen molar-refractivity contribution in [3.05, 3.63) is 41.7 Å².